The molecule has 6 heteroatoms. The van der Waals surface area contributed by atoms with Crippen LogP contribution >= 0.6 is 0 Å². The number of hydrogen-bond acceptors (Lipinski definition) is 5. The fourth-order valence-electron chi connectivity index (χ4n) is 11.1. The summed E-state index contributed by atoms with van der Waals surface area (Å²) in [5.74, 6) is -0.0105. The molecule has 6 nitrogen and oxygen atoms in total. The first-order valence-electron chi connectivity index (χ1n) is 34.4. The second kappa shape index (κ2) is 65.1. The molecule has 0 aromatic rings. The van der Waals surface area contributed by atoms with Crippen LogP contribution in [0.1, 0.15) is 393 Å². The molecule has 2 unspecified atom stereocenters. The highest BCUT2D eigenvalue weighted by Crippen LogP contribution is 2.19. The fraction of sp³-hybridized carbons (Fsp3) is 0.942. The van der Waals surface area contributed by atoms with Crippen molar-refractivity contribution in [2.45, 2.75) is 405 Å². The minimum absolute atomic E-state index is 0.0186. The van der Waals surface area contributed by atoms with Gasteiger partial charge < -0.3 is 20.3 Å². The van der Waals surface area contributed by atoms with Gasteiger partial charge in [-0.1, -0.05) is 341 Å². The number of allylic oxidation sites excluding steroid dienone is 2. The van der Waals surface area contributed by atoms with Crippen LogP contribution in [0.4, 0.5) is 0 Å². The van der Waals surface area contributed by atoms with E-state index in [9.17, 15) is 19.8 Å². The maximum absolute atomic E-state index is 12.5. The number of aliphatic hydroxyl groups excluding tert-OH is 2. The highest BCUT2D eigenvalue weighted by Gasteiger charge is 2.20. The first-order chi connectivity index (χ1) is 37.0. The fourth-order valence-corrected chi connectivity index (χ4v) is 11.1. The number of carbonyl (C=O) groups is 2. The molecular weight excluding hydrogens is 923 g/mol. The third-order valence-corrected chi connectivity index (χ3v) is 16.3. The third-order valence-electron chi connectivity index (χ3n) is 16.3. The Kier molecular flexibility index (Phi) is 63.9. The van der Waals surface area contributed by atoms with Crippen LogP contribution in [-0.2, 0) is 14.3 Å². The zero-order valence-corrected chi connectivity index (χ0v) is 51.1. The molecule has 0 bridgehead atoms. The Morgan fingerprint density at radius 2 is 0.627 bits per heavy atom. The van der Waals surface area contributed by atoms with Gasteiger partial charge in [0.1, 0.15) is 0 Å². The summed E-state index contributed by atoms with van der Waals surface area (Å²) < 4.78 is 5.47. The first kappa shape index (κ1) is 73.6. The molecule has 0 rings (SSSR count). The van der Waals surface area contributed by atoms with E-state index in [1.165, 1.54) is 321 Å². The second-order valence-electron chi connectivity index (χ2n) is 23.9. The summed E-state index contributed by atoms with van der Waals surface area (Å²) in [6.07, 6.45) is 79.8. The van der Waals surface area contributed by atoms with Crippen LogP contribution in [0.3, 0.4) is 0 Å². The maximum Gasteiger partial charge on any atom is 0.305 e. The number of aliphatic hydroxyl groups is 2. The smallest absolute Gasteiger partial charge is 0.305 e. The van der Waals surface area contributed by atoms with E-state index in [-0.39, 0.29) is 18.5 Å². The molecule has 1 amide bonds. The normalized spacial score (nSPS) is 12.5. The van der Waals surface area contributed by atoms with Crippen LogP contribution in [0.5, 0.6) is 0 Å². The number of unbranched alkanes of at least 4 members (excludes halogenated alkanes) is 52. The topological polar surface area (TPSA) is 95.9 Å². The summed E-state index contributed by atoms with van der Waals surface area (Å²) >= 11 is 0. The van der Waals surface area contributed by atoms with Crippen LogP contribution in [0.25, 0.3) is 0 Å². The van der Waals surface area contributed by atoms with Crippen molar-refractivity contribution in [1.82, 2.24) is 5.32 Å². The molecule has 3 N–H and O–H groups in total. The molecule has 0 fully saturated rings. The summed E-state index contributed by atoms with van der Waals surface area (Å²) in [5.41, 5.74) is 0. The summed E-state index contributed by atoms with van der Waals surface area (Å²) in [7, 11) is 0. The molecule has 0 saturated heterocycles. The number of nitrogens with one attached hydrogen (secondary N) is 1. The van der Waals surface area contributed by atoms with Crippen molar-refractivity contribution in [3.8, 4) is 0 Å². The average molecular weight is 1060 g/mol. The molecule has 75 heavy (non-hydrogen) atoms. The minimum Gasteiger partial charge on any atom is -0.466 e. The van der Waals surface area contributed by atoms with Crippen molar-refractivity contribution in [3.63, 3.8) is 0 Å². The predicted octanol–water partition coefficient (Wildman–Crippen LogP) is 22.0. The number of amides is 1. The summed E-state index contributed by atoms with van der Waals surface area (Å²) in [6, 6.07) is -0.538. The minimum atomic E-state index is -0.661. The van der Waals surface area contributed by atoms with E-state index in [4.69, 9.17) is 4.74 Å². The largest absolute Gasteiger partial charge is 0.466 e. The van der Waals surface area contributed by atoms with Gasteiger partial charge in [0, 0.05) is 12.8 Å². The SMILES string of the molecule is CCCCCCCCCCCCCCCCCC(O)C(CO)NC(=O)CCCCCCCCCCCCCCCCCC/C=C\CCCCCCCCCCCCCCOC(=O)CCCCCCCCCCCCC. The van der Waals surface area contributed by atoms with Gasteiger partial charge in [-0.2, -0.15) is 0 Å². The molecular formula is C69H135NO5. The van der Waals surface area contributed by atoms with Crippen LogP contribution in [0.15, 0.2) is 12.2 Å². The molecule has 446 valence electrons. The van der Waals surface area contributed by atoms with Gasteiger partial charge >= 0.3 is 5.97 Å². The van der Waals surface area contributed by atoms with E-state index in [0.29, 0.717) is 25.9 Å². The van der Waals surface area contributed by atoms with Crippen LogP contribution in [0.2, 0.25) is 0 Å². The molecule has 0 spiro atoms. The second-order valence-corrected chi connectivity index (χ2v) is 23.9. The van der Waals surface area contributed by atoms with Crippen LogP contribution in [0, 0.1) is 0 Å². The highest BCUT2D eigenvalue weighted by molar-refractivity contribution is 5.76. The van der Waals surface area contributed by atoms with Gasteiger partial charge in [0.05, 0.1) is 25.4 Å². The maximum atomic E-state index is 12.5. The van der Waals surface area contributed by atoms with Gasteiger partial charge in [-0.15, -0.1) is 0 Å². The Bertz CT molecular complexity index is 1130. The van der Waals surface area contributed by atoms with E-state index < -0.39 is 12.1 Å². The molecule has 0 aliphatic rings. The van der Waals surface area contributed by atoms with Crippen molar-refractivity contribution in [1.29, 1.82) is 0 Å². The Balaban J connectivity index is 3.34. The number of esters is 1. The molecule has 0 aromatic carbocycles. The van der Waals surface area contributed by atoms with Crippen molar-refractivity contribution < 1.29 is 24.5 Å². The van der Waals surface area contributed by atoms with Crippen LogP contribution < -0.4 is 5.32 Å². The zero-order valence-electron chi connectivity index (χ0n) is 51.1. The van der Waals surface area contributed by atoms with Gasteiger partial charge in [-0.3, -0.25) is 9.59 Å². The molecule has 0 heterocycles. The lowest BCUT2D eigenvalue weighted by molar-refractivity contribution is -0.143. The van der Waals surface area contributed by atoms with Crippen molar-refractivity contribution >= 4 is 11.9 Å². The Hall–Kier alpha value is -1.40. The van der Waals surface area contributed by atoms with E-state index in [0.717, 1.165) is 38.5 Å². The monoisotopic (exact) mass is 1060 g/mol. The first-order valence-corrected chi connectivity index (χ1v) is 34.4. The van der Waals surface area contributed by atoms with E-state index in [2.05, 4.69) is 31.3 Å². The summed E-state index contributed by atoms with van der Waals surface area (Å²) in [6.45, 7) is 4.98. The Morgan fingerprint density at radius 1 is 0.360 bits per heavy atom. The van der Waals surface area contributed by atoms with Gasteiger partial charge in [0.25, 0.3) is 0 Å². The quantitative estimate of drug-likeness (QED) is 0.0320. The van der Waals surface area contributed by atoms with E-state index in [1.807, 2.05) is 0 Å². The lowest BCUT2D eigenvalue weighted by atomic mass is 10.0. The van der Waals surface area contributed by atoms with Crippen molar-refractivity contribution in [2.75, 3.05) is 13.2 Å². The number of hydrogen-bond donors (Lipinski definition) is 3. The van der Waals surface area contributed by atoms with E-state index >= 15 is 0 Å². The predicted molar refractivity (Wildman–Crippen MR) is 329 cm³/mol. The highest BCUT2D eigenvalue weighted by atomic mass is 16.5. The summed E-state index contributed by atoms with van der Waals surface area (Å²) in [5, 5.41) is 23.3. The van der Waals surface area contributed by atoms with Gasteiger partial charge in [0.15, 0.2) is 0 Å². The molecule has 0 radical (unpaired) electrons. The lowest BCUT2D eigenvalue weighted by Crippen LogP contribution is -2.45. The molecule has 2 atom stereocenters. The molecule has 0 saturated carbocycles. The molecule has 0 aliphatic heterocycles. The van der Waals surface area contributed by atoms with Gasteiger partial charge in [0.2, 0.25) is 5.91 Å². The molecule has 0 aliphatic carbocycles. The number of carbonyl (C=O) groups excluding carboxylic acids is 2. The number of rotatable bonds is 65. The lowest BCUT2D eigenvalue weighted by Gasteiger charge is -2.22. The summed E-state index contributed by atoms with van der Waals surface area (Å²) in [4.78, 5) is 24.5. The van der Waals surface area contributed by atoms with Gasteiger partial charge in [-0.25, -0.2) is 0 Å². The van der Waals surface area contributed by atoms with E-state index in [1.54, 1.807) is 0 Å². The third kappa shape index (κ3) is 61.7. The Morgan fingerprint density at radius 3 is 0.947 bits per heavy atom. The van der Waals surface area contributed by atoms with Gasteiger partial charge in [-0.05, 0) is 51.4 Å². The van der Waals surface area contributed by atoms with Crippen molar-refractivity contribution in [2.24, 2.45) is 0 Å². The molecule has 0 aromatic heterocycles. The number of ether oxygens (including phenoxy) is 1. The average Bonchev–Trinajstić information content (AvgIpc) is 3.41. The zero-order chi connectivity index (χ0) is 54.3. The van der Waals surface area contributed by atoms with Crippen molar-refractivity contribution in [3.05, 3.63) is 12.2 Å². The van der Waals surface area contributed by atoms with Crippen LogP contribution in [-0.4, -0.2) is 47.4 Å². The Labute approximate surface area is 469 Å². The standard InChI is InChI=1S/C69H135NO5/c1-3-5-7-9-11-13-15-16-35-38-42-45-49-53-57-61-67(72)66(65-71)70-68(73)62-58-54-50-46-43-39-36-33-31-29-27-25-23-21-19-17-18-20-22-24-26-28-30-32-34-37-40-44-48-52-56-60-64-75-69(74)63-59-55-51-47-41-14-12-10-8-6-4-2/h20,22,66-67,71-72H,3-19,21,23-65H2,1-2H3,(H,70,73)/b22-20-.